The van der Waals surface area contributed by atoms with Crippen LogP contribution in [0.2, 0.25) is 0 Å². The van der Waals surface area contributed by atoms with Gasteiger partial charge in [0.15, 0.2) is 6.10 Å². The number of nitrogens with one attached hydrogen (secondary N) is 1. The van der Waals surface area contributed by atoms with E-state index >= 15 is 0 Å². The molecule has 2 aromatic rings. The van der Waals surface area contributed by atoms with Gasteiger partial charge in [-0.2, -0.15) is 0 Å². The van der Waals surface area contributed by atoms with Gasteiger partial charge in [-0.05, 0) is 55.7 Å². The molecule has 2 N–H and O–H groups in total. The third kappa shape index (κ3) is 10.0. The summed E-state index contributed by atoms with van der Waals surface area (Å²) in [6.07, 6.45) is 2.53. The third-order valence-corrected chi connectivity index (χ3v) is 4.99. The highest BCUT2D eigenvalue weighted by molar-refractivity contribution is 5.85. The summed E-state index contributed by atoms with van der Waals surface area (Å²) in [5.74, 6) is -1.68. The molecule has 0 aliphatic carbocycles. The minimum absolute atomic E-state index is 0.120. The van der Waals surface area contributed by atoms with Crippen molar-refractivity contribution in [2.45, 2.75) is 32.5 Å². The first-order chi connectivity index (χ1) is 17.8. The highest BCUT2D eigenvalue weighted by atomic mass is 19.1. The van der Waals surface area contributed by atoms with Crippen molar-refractivity contribution in [2.24, 2.45) is 0 Å². The van der Waals surface area contributed by atoms with Gasteiger partial charge in [0.1, 0.15) is 30.1 Å². The number of amides is 1. The number of benzene rings is 2. The quantitative estimate of drug-likeness (QED) is 0.216. The van der Waals surface area contributed by atoms with Crippen LogP contribution in [-0.2, 0) is 19.0 Å². The Hall–Kier alpha value is -3.76. The number of ether oxygens (including phenoxy) is 4. The summed E-state index contributed by atoms with van der Waals surface area (Å²) < 4.78 is 48.7. The topological polar surface area (TPSA) is 103 Å². The molecule has 8 nitrogen and oxygen atoms in total. The fourth-order valence-electron chi connectivity index (χ4n) is 3.27. The summed E-state index contributed by atoms with van der Waals surface area (Å²) in [5.41, 5.74) is 0.970. The monoisotopic (exact) mass is 519 g/mol. The Morgan fingerprint density at radius 3 is 2.49 bits per heavy atom. The van der Waals surface area contributed by atoms with E-state index in [2.05, 4.69) is 5.32 Å². The third-order valence-electron chi connectivity index (χ3n) is 4.99. The second kappa shape index (κ2) is 15.4. The predicted molar refractivity (Wildman–Crippen MR) is 133 cm³/mol. The summed E-state index contributed by atoms with van der Waals surface area (Å²) in [7, 11) is 1.45. The number of aliphatic hydroxyl groups is 1. The molecule has 37 heavy (non-hydrogen) atoms. The molecule has 1 amide bonds. The van der Waals surface area contributed by atoms with Crippen LogP contribution in [0.15, 0.2) is 66.3 Å². The molecule has 2 atom stereocenters. The second-order valence-electron chi connectivity index (χ2n) is 7.77. The van der Waals surface area contributed by atoms with Crippen LogP contribution in [0.3, 0.4) is 0 Å². The summed E-state index contributed by atoms with van der Waals surface area (Å²) in [6.45, 7) is 3.70. The Bertz CT molecular complexity index is 1090. The molecule has 2 rings (SSSR count). The van der Waals surface area contributed by atoms with E-state index in [0.717, 1.165) is 12.1 Å². The SMILES string of the molecule is CCOC(=O)/C=C(C)/C=C/C[C@H](OC)[C@@H](OC(=O)Nc1ccc(F)cc1F)c1ccc(OCCO)cc1. The van der Waals surface area contributed by atoms with Gasteiger partial charge in [-0.1, -0.05) is 24.3 Å². The lowest BCUT2D eigenvalue weighted by Gasteiger charge is -2.26. The van der Waals surface area contributed by atoms with E-state index in [9.17, 15) is 18.4 Å². The minimum atomic E-state index is -0.972. The first kappa shape index (κ1) is 29.5. The van der Waals surface area contributed by atoms with Crippen molar-refractivity contribution in [2.75, 3.05) is 32.2 Å². The van der Waals surface area contributed by atoms with Crippen LogP contribution in [0.4, 0.5) is 19.3 Å². The van der Waals surface area contributed by atoms with Gasteiger partial charge in [-0.25, -0.2) is 18.4 Å². The highest BCUT2D eigenvalue weighted by Crippen LogP contribution is 2.29. The highest BCUT2D eigenvalue weighted by Gasteiger charge is 2.27. The molecule has 0 saturated carbocycles. The minimum Gasteiger partial charge on any atom is -0.491 e. The number of carbonyl (C=O) groups excluding carboxylic acids is 2. The summed E-state index contributed by atoms with van der Waals surface area (Å²) >= 11 is 0. The zero-order valence-corrected chi connectivity index (χ0v) is 20.9. The number of hydrogen-bond donors (Lipinski definition) is 2. The standard InChI is InChI=1S/C27H31F2NO7/c1-4-35-25(32)16-18(2)6-5-7-24(34-3)26(19-8-11-21(12-9-19)36-15-14-31)37-27(33)30-23-13-10-20(28)17-22(23)29/h5-6,8-13,16-17,24,26,31H,4,7,14-15H2,1-3H3,(H,30,33)/b6-5+,18-16+/t24-,26-/m0/s1. The van der Waals surface area contributed by atoms with Crippen molar-refractivity contribution in [3.8, 4) is 5.75 Å². The molecule has 0 aliphatic heterocycles. The number of anilines is 1. The van der Waals surface area contributed by atoms with Crippen molar-refractivity contribution in [1.29, 1.82) is 0 Å². The number of aliphatic hydroxyl groups excluding tert-OH is 1. The fourth-order valence-corrected chi connectivity index (χ4v) is 3.27. The Morgan fingerprint density at radius 1 is 1.14 bits per heavy atom. The smallest absolute Gasteiger partial charge is 0.412 e. The van der Waals surface area contributed by atoms with Gasteiger partial charge in [0.2, 0.25) is 0 Å². The van der Waals surface area contributed by atoms with Gasteiger partial charge in [0.25, 0.3) is 0 Å². The predicted octanol–water partition coefficient (Wildman–Crippen LogP) is 5.10. The molecule has 10 heteroatoms. The van der Waals surface area contributed by atoms with Crippen LogP contribution in [0.1, 0.15) is 31.9 Å². The first-order valence-corrected chi connectivity index (χ1v) is 11.6. The van der Waals surface area contributed by atoms with Crippen molar-refractivity contribution < 1.29 is 42.4 Å². The lowest BCUT2D eigenvalue weighted by Crippen LogP contribution is -2.28. The zero-order valence-electron chi connectivity index (χ0n) is 20.9. The molecule has 0 fully saturated rings. The van der Waals surface area contributed by atoms with Crippen molar-refractivity contribution >= 4 is 17.7 Å². The second-order valence-corrected chi connectivity index (χ2v) is 7.77. The number of hydrogen-bond acceptors (Lipinski definition) is 7. The molecule has 0 bridgehead atoms. The van der Waals surface area contributed by atoms with Crippen LogP contribution in [0.25, 0.3) is 0 Å². The van der Waals surface area contributed by atoms with Gasteiger partial charge in [0, 0.05) is 19.3 Å². The van der Waals surface area contributed by atoms with Crippen LogP contribution in [0.5, 0.6) is 5.75 Å². The average molecular weight is 520 g/mol. The maximum atomic E-state index is 14.0. The fraction of sp³-hybridized carbons (Fsp3) is 0.333. The molecule has 0 saturated heterocycles. The van der Waals surface area contributed by atoms with Crippen molar-refractivity contribution in [1.82, 2.24) is 0 Å². The Morgan fingerprint density at radius 2 is 1.86 bits per heavy atom. The molecule has 0 unspecified atom stereocenters. The van der Waals surface area contributed by atoms with Crippen LogP contribution in [-0.4, -0.2) is 50.2 Å². The summed E-state index contributed by atoms with van der Waals surface area (Å²) in [4.78, 5) is 24.3. The average Bonchev–Trinajstić information content (AvgIpc) is 2.86. The number of allylic oxidation sites excluding steroid dienone is 2. The van der Waals surface area contributed by atoms with Crippen LogP contribution in [0, 0.1) is 11.6 Å². The van der Waals surface area contributed by atoms with Crippen molar-refractivity contribution in [3.63, 3.8) is 0 Å². The molecule has 0 radical (unpaired) electrons. The molecule has 0 spiro atoms. The van der Waals surface area contributed by atoms with Gasteiger partial charge < -0.3 is 24.1 Å². The first-order valence-electron chi connectivity index (χ1n) is 11.6. The zero-order chi connectivity index (χ0) is 27.2. The Kier molecular flexibility index (Phi) is 12.2. The van der Waals surface area contributed by atoms with E-state index in [1.807, 2.05) is 0 Å². The molecule has 0 heterocycles. The largest absolute Gasteiger partial charge is 0.491 e. The molecule has 0 aromatic heterocycles. The van der Waals surface area contributed by atoms with Gasteiger partial charge in [0.05, 0.1) is 18.9 Å². The van der Waals surface area contributed by atoms with E-state index in [0.29, 0.717) is 23.0 Å². The van der Waals surface area contributed by atoms with E-state index in [1.165, 1.54) is 13.2 Å². The van der Waals surface area contributed by atoms with Crippen LogP contribution >= 0.6 is 0 Å². The van der Waals surface area contributed by atoms with Crippen molar-refractivity contribution in [3.05, 3.63) is 83.5 Å². The van der Waals surface area contributed by atoms with Gasteiger partial charge in [-0.15, -0.1) is 0 Å². The Balaban J connectivity index is 2.23. The lowest BCUT2D eigenvalue weighted by molar-refractivity contribution is -0.137. The van der Waals surface area contributed by atoms with Gasteiger partial charge in [-0.3, -0.25) is 5.32 Å². The number of halogens is 2. The Labute approximate surface area is 214 Å². The maximum absolute atomic E-state index is 14.0. The van der Waals surface area contributed by atoms with E-state index < -0.39 is 35.9 Å². The van der Waals surface area contributed by atoms with E-state index in [1.54, 1.807) is 50.3 Å². The molecule has 0 aliphatic rings. The number of esters is 1. The summed E-state index contributed by atoms with van der Waals surface area (Å²) in [6, 6.07) is 9.38. The number of methoxy groups -OCH3 is 1. The lowest BCUT2D eigenvalue weighted by atomic mass is 10.0. The van der Waals surface area contributed by atoms with E-state index in [4.69, 9.17) is 24.1 Å². The van der Waals surface area contributed by atoms with Gasteiger partial charge >= 0.3 is 12.1 Å². The molecular formula is C27H31F2NO7. The number of rotatable bonds is 13. The normalized spacial score (nSPS) is 13.2. The number of carbonyl (C=O) groups is 2. The summed E-state index contributed by atoms with van der Waals surface area (Å²) in [5, 5.41) is 11.2. The maximum Gasteiger partial charge on any atom is 0.412 e. The molecular weight excluding hydrogens is 488 g/mol. The van der Waals surface area contributed by atoms with E-state index in [-0.39, 0.29) is 31.9 Å². The molecule has 2 aromatic carbocycles. The molecule has 200 valence electrons. The van der Waals surface area contributed by atoms with Crippen LogP contribution < -0.4 is 10.1 Å².